The second kappa shape index (κ2) is 4.11. The Morgan fingerprint density at radius 1 is 1.46 bits per heavy atom. The summed E-state index contributed by atoms with van der Waals surface area (Å²) >= 11 is 0. The minimum absolute atomic E-state index is 0.349. The van der Waals surface area contributed by atoms with Crippen molar-refractivity contribution in [2.75, 3.05) is 12.4 Å². The lowest BCUT2D eigenvalue weighted by Gasteiger charge is -2.10. The number of anilines is 1. The summed E-state index contributed by atoms with van der Waals surface area (Å²) in [6.45, 7) is 1.80. The van der Waals surface area contributed by atoms with Crippen molar-refractivity contribution in [3.05, 3.63) is 18.0 Å². The van der Waals surface area contributed by atoms with Crippen molar-refractivity contribution >= 4 is 13.0 Å². The minimum Gasteiger partial charge on any atom is -0.510 e. The Morgan fingerprint density at radius 3 is 2.69 bits per heavy atom. The molecule has 0 spiro atoms. The number of hydrogen-bond acceptors (Lipinski definition) is 5. The highest BCUT2D eigenvalue weighted by Gasteiger charge is 2.14. The summed E-state index contributed by atoms with van der Waals surface area (Å²) in [4.78, 5) is 3.86. The summed E-state index contributed by atoms with van der Waals surface area (Å²) in [5, 5.41) is 20.1. The van der Waals surface area contributed by atoms with Crippen LogP contribution < -0.4 is 9.97 Å². The molecule has 6 heteroatoms. The standard InChI is InChI=1S/C7H11BN2O3/c1-5-6(9-2)3-10-4-7(5)13-8(11)12/h3-4,9,11-12H,1-2H3. The highest BCUT2D eigenvalue weighted by atomic mass is 16.6. The first kappa shape index (κ1) is 9.82. The Hall–Kier alpha value is -1.27. The molecule has 0 radical (unpaired) electrons. The van der Waals surface area contributed by atoms with Crippen molar-refractivity contribution in [1.82, 2.24) is 4.98 Å². The van der Waals surface area contributed by atoms with Crippen LogP contribution >= 0.6 is 0 Å². The van der Waals surface area contributed by atoms with Gasteiger partial charge in [0.1, 0.15) is 5.75 Å². The molecule has 0 atom stereocenters. The van der Waals surface area contributed by atoms with E-state index < -0.39 is 7.32 Å². The van der Waals surface area contributed by atoms with Gasteiger partial charge in [-0.1, -0.05) is 0 Å². The minimum atomic E-state index is -1.81. The Kier molecular flexibility index (Phi) is 3.10. The predicted molar refractivity (Wildman–Crippen MR) is 49.3 cm³/mol. The van der Waals surface area contributed by atoms with E-state index in [1.54, 1.807) is 20.2 Å². The maximum absolute atomic E-state index is 8.58. The molecule has 1 rings (SSSR count). The number of hydrogen-bond donors (Lipinski definition) is 3. The van der Waals surface area contributed by atoms with Gasteiger partial charge in [-0.2, -0.15) is 0 Å². The van der Waals surface area contributed by atoms with E-state index in [0.717, 1.165) is 11.3 Å². The zero-order valence-corrected chi connectivity index (χ0v) is 7.48. The molecule has 13 heavy (non-hydrogen) atoms. The van der Waals surface area contributed by atoms with Crippen LogP contribution in [0.3, 0.4) is 0 Å². The van der Waals surface area contributed by atoms with Gasteiger partial charge in [-0.05, 0) is 6.92 Å². The number of rotatable bonds is 3. The summed E-state index contributed by atoms with van der Waals surface area (Å²) in [5.74, 6) is 0.349. The van der Waals surface area contributed by atoms with E-state index in [0.29, 0.717) is 5.75 Å². The van der Waals surface area contributed by atoms with Crippen LogP contribution in [0.2, 0.25) is 0 Å². The Balaban J connectivity index is 2.94. The monoisotopic (exact) mass is 182 g/mol. The van der Waals surface area contributed by atoms with E-state index in [1.165, 1.54) is 6.20 Å². The second-order valence-electron chi connectivity index (χ2n) is 2.50. The molecule has 1 aromatic rings. The fraction of sp³-hybridized carbons (Fsp3) is 0.286. The van der Waals surface area contributed by atoms with Crippen molar-refractivity contribution in [2.24, 2.45) is 0 Å². The van der Waals surface area contributed by atoms with Gasteiger partial charge in [0.2, 0.25) is 0 Å². The van der Waals surface area contributed by atoms with Crippen molar-refractivity contribution in [2.45, 2.75) is 6.92 Å². The summed E-state index contributed by atoms with van der Waals surface area (Å²) in [7, 11) is -0.0593. The highest BCUT2D eigenvalue weighted by molar-refractivity contribution is 6.33. The number of nitrogens with zero attached hydrogens (tertiary/aromatic N) is 1. The first-order valence-corrected chi connectivity index (χ1v) is 3.80. The molecule has 1 heterocycles. The van der Waals surface area contributed by atoms with Gasteiger partial charge in [-0.15, -0.1) is 0 Å². The van der Waals surface area contributed by atoms with Crippen molar-refractivity contribution in [1.29, 1.82) is 0 Å². The summed E-state index contributed by atoms with van der Waals surface area (Å²) in [5.41, 5.74) is 1.57. The van der Waals surface area contributed by atoms with Gasteiger partial charge in [0.25, 0.3) is 0 Å². The molecule has 0 aliphatic carbocycles. The molecule has 0 fully saturated rings. The van der Waals surface area contributed by atoms with E-state index in [2.05, 4.69) is 10.3 Å². The smallest absolute Gasteiger partial charge is 0.510 e. The SMILES string of the molecule is CNc1cncc(OB(O)O)c1C. The van der Waals surface area contributed by atoms with Gasteiger partial charge >= 0.3 is 7.32 Å². The van der Waals surface area contributed by atoms with Gasteiger partial charge in [0.05, 0.1) is 18.1 Å². The average Bonchev–Trinajstić information content (AvgIpc) is 2.08. The molecule has 0 amide bonds. The van der Waals surface area contributed by atoms with Crippen LogP contribution in [0.5, 0.6) is 5.75 Å². The van der Waals surface area contributed by atoms with E-state index in [-0.39, 0.29) is 0 Å². The average molecular weight is 182 g/mol. The number of aromatic nitrogens is 1. The first-order chi connectivity index (χ1) is 6.15. The van der Waals surface area contributed by atoms with Crippen molar-refractivity contribution < 1.29 is 14.7 Å². The third kappa shape index (κ3) is 2.33. The van der Waals surface area contributed by atoms with Crippen molar-refractivity contribution in [3.8, 4) is 5.75 Å². The summed E-state index contributed by atoms with van der Waals surface area (Å²) < 4.78 is 4.70. The van der Waals surface area contributed by atoms with Crippen LogP contribution in [0.4, 0.5) is 5.69 Å². The third-order valence-corrected chi connectivity index (χ3v) is 1.67. The normalized spacial score (nSPS) is 9.54. The molecule has 0 aliphatic heterocycles. The molecule has 3 N–H and O–H groups in total. The predicted octanol–water partition coefficient (Wildman–Crippen LogP) is -0.220. The molecule has 0 aliphatic rings. The number of pyridine rings is 1. The fourth-order valence-corrected chi connectivity index (χ4v) is 0.990. The van der Waals surface area contributed by atoms with Crippen LogP contribution in [0.25, 0.3) is 0 Å². The zero-order valence-electron chi connectivity index (χ0n) is 7.48. The molecule has 1 aromatic heterocycles. The van der Waals surface area contributed by atoms with Crippen LogP contribution in [-0.2, 0) is 0 Å². The maximum Gasteiger partial charge on any atom is 0.707 e. The van der Waals surface area contributed by atoms with Crippen LogP contribution in [-0.4, -0.2) is 29.4 Å². The van der Waals surface area contributed by atoms with E-state index in [9.17, 15) is 0 Å². The van der Waals surface area contributed by atoms with Crippen LogP contribution in [0, 0.1) is 6.92 Å². The molecule has 0 saturated heterocycles. The summed E-state index contributed by atoms with van der Waals surface area (Å²) in [6, 6.07) is 0. The lowest BCUT2D eigenvalue weighted by Crippen LogP contribution is -2.21. The van der Waals surface area contributed by atoms with Gasteiger partial charge in [-0.3, -0.25) is 4.98 Å². The van der Waals surface area contributed by atoms with Crippen molar-refractivity contribution in [3.63, 3.8) is 0 Å². The van der Waals surface area contributed by atoms with Gasteiger partial charge in [0.15, 0.2) is 0 Å². The van der Waals surface area contributed by atoms with Gasteiger partial charge in [0, 0.05) is 12.6 Å². The molecule has 0 aromatic carbocycles. The number of nitrogens with one attached hydrogen (secondary N) is 1. The Labute approximate surface area is 76.6 Å². The quantitative estimate of drug-likeness (QED) is 0.563. The van der Waals surface area contributed by atoms with E-state index in [4.69, 9.17) is 14.7 Å². The second-order valence-corrected chi connectivity index (χ2v) is 2.50. The Morgan fingerprint density at radius 2 is 2.15 bits per heavy atom. The molecule has 70 valence electrons. The molecule has 5 nitrogen and oxygen atoms in total. The van der Waals surface area contributed by atoms with E-state index >= 15 is 0 Å². The summed E-state index contributed by atoms with van der Waals surface area (Å²) in [6.07, 6.45) is 3.06. The topological polar surface area (TPSA) is 74.6 Å². The molecular formula is C7H11BN2O3. The largest absolute Gasteiger partial charge is 0.707 e. The maximum atomic E-state index is 8.58. The van der Waals surface area contributed by atoms with Gasteiger partial charge in [-0.25, -0.2) is 0 Å². The molecular weight excluding hydrogens is 171 g/mol. The third-order valence-electron chi connectivity index (χ3n) is 1.67. The molecule has 0 unspecified atom stereocenters. The zero-order chi connectivity index (χ0) is 9.84. The van der Waals surface area contributed by atoms with Gasteiger partial charge < -0.3 is 20.0 Å². The Bertz CT molecular complexity index is 293. The highest BCUT2D eigenvalue weighted by Crippen LogP contribution is 2.23. The molecule has 0 saturated carbocycles. The fourth-order valence-electron chi connectivity index (χ4n) is 0.990. The van der Waals surface area contributed by atoms with Crippen LogP contribution in [0.15, 0.2) is 12.4 Å². The first-order valence-electron chi connectivity index (χ1n) is 3.80. The lowest BCUT2D eigenvalue weighted by atomic mass is 10.2. The lowest BCUT2D eigenvalue weighted by molar-refractivity contribution is 0.287. The van der Waals surface area contributed by atoms with Crippen LogP contribution in [0.1, 0.15) is 5.56 Å². The molecule has 0 bridgehead atoms. The van der Waals surface area contributed by atoms with E-state index in [1.807, 2.05) is 0 Å².